The summed E-state index contributed by atoms with van der Waals surface area (Å²) >= 11 is 0. The number of hydrogen-bond acceptors (Lipinski definition) is 6. The molecule has 1 N–H and O–H groups in total. The smallest absolute Gasteiger partial charge is 0.413 e. The van der Waals surface area contributed by atoms with Crippen molar-refractivity contribution in [1.29, 1.82) is 0 Å². The lowest BCUT2D eigenvalue weighted by Gasteiger charge is -2.42. The molecule has 0 aliphatic carbocycles. The Bertz CT molecular complexity index is 547. The van der Waals surface area contributed by atoms with Crippen LogP contribution in [0.5, 0.6) is 0 Å². The topological polar surface area (TPSA) is 85.3 Å². The fourth-order valence-electron chi connectivity index (χ4n) is 2.66. The number of carbonyl (C=O) groups is 2. The predicted octanol–water partition coefficient (Wildman–Crippen LogP) is 3.27. The van der Waals surface area contributed by atoms with Crippen molar-refractivity contribution in [3.05, 3.63) is 0 Å². The van der Waals surface area contributed by atoms with Crippen LogP contribution in [0.1, 0.15) is 54.9 Å². The normalized spacial score (nSPS) is 27.4. The molecule has 7 nitrogen and oxygen atoms in total. The molecule has 0 aromatic carbocycles. The Hall–Kier alpha value is -1.12. The summed E-state index contributed by atoms with van der Waals surface area (Å²) in [5.41, 5.74) is -2.44. The molecule has 0 radical (unpaired) electrons. The zero-order valence-corrected chi connectivity index (χ0v) is 18.8. The minimum atomic E-state index is -2.24. The van der Waals surface area contributed by atoms with Gasteiger partial charge in [-0.15, -0.1) is 0 Å². The molecule has 1 aliphatic heterocycles. The summed E-state index contributed by atoms with van der Waals surface area (Å²) in [5, 5.41) is 11.1. The van der Waals surface area contributed by atoms with Gasteiger partial charge >= 0.3 is 12.1 Å². The van der Waals surface area contributed by atoms with Crippen LogP contribution in [-0.4, -0.2) is 61.0 Å². The van der Waals surface area contributed by atoms with Crippen LogP contribution in [0.2, 0.25) is 18.1 Å². The molecule has 0 saturated carbocycles. The fourth-order valence-corrected chi connectivity index (χ4v) is 4.04. The Morgan fingerprint density at radius 1 is 1.15 bits per heavy atom. The van der Waals surface area contributed by atoms with E-state index >= 15 is 0 Å². The molecule has 0 bridgehead atoms. The molecule has 8 heteroatoms. The van der Waals surface area contributed by atoms with Crippen molar-refractivity contribution >= 4 is 20.4 Å². The van der Waals surface area contributed by atoms with Gasteiger partial charge in [-0.25, -0.2) is 9.59 Å². The molecule has 1 amide bonds. The van der Waals surface area contributed by atoms with E-state index in [-0.39, 0.29) is 11.5 Å². The van der Waals surface area contributed by atoms with Gasteiger partial charge in [0.15, 0.2) is 14.0 Å². The number of amides is 1. The van der Waals surface area contributed by atoms with Crippen molar-refractivity contribution in [2.24, 2.45) is 0 Å². The van der Waals surface area contributed by atoms with Crippen molar-refractivity contribution in [3.8, 4) is 0 Å². The predicted molar refractivity (Wildman–Crippen MR) is 101 cm³/mol. The molecule has 1 aliphatic rings. The van der Waals surface area contributed by atoms with E-state index in [1.807, 2.05) is 0 Å². The van der Waals surface area contributed by atoms with Gasteiger partial charge in [0.05, 0.1) is 13.2 Å². The van der Waals surface area contributed by atoms with Crippen LogP contribution >= 0.6 is 0 Å². The summed E-state index contributed by atoms with van der Waals surface area (Å²) in [7, 11) is -0.979. The first-order valence-corrected chi connectivity index (χ1v) is 11.8. The maximum atomic E-state index is 12.7. The summed E-state index contributed by atoms with van der Waals surface area (Å²) in [4.78, 5) is 26.0. The molecule has 0 aromatic heterocycles. The van der Waals surface area contributed by atoms with Crippen LogP contribution in [0, 0.1) is 0 Å². The number of rotatable bonds is 3. The van der Waals surface area contributed by atoms with Gasteiger partial charge in [-0.3, -0.25) is 4.90 Å². The second-order valence-electron chi connectivity index (χ2n) is 9.59. The lowest BCUT2D eigenvalue weighted by atomic mass is 10.1. The third-order valence-corrected chi connectivity index (χ3v) is 9.64. The van der Waals surface area contributed by atoms with Crippen molar-refractivity contribution in [3.63, 3.8) is 0 Å². The maximum Gasteiger partial charge on any atom is 0.413 e. The first-order chi connectivity index (χ1) is 11.4. The molecule has 3 atom stereocenters. The number of esters is 1. The zero-order chi connectivity index (χ0) is 20.7. The van der Waals surface area contributed by atoms with Gasteiger partial charge < -0.3 is 19.0 Å². The average Bonchev–Trinajstić information content (AvgIpc) is 2.65. The number of aliphatic hydroxyl groups is 1. The van der Waals surface area contributed by atoms with Crippen LogP contribution in [-0.2, 0) is 18.7 Å². The molecular formula is C18H35NO6Si. The number of carbonyl (C=O) groups excluding carboxylic acids is 2. The van der Waals surface area contributed by atoms with Crippen molar-refractivity contribution in [2.75, 3.05) is 7.11 Å². The molecule has 1 fully saturated rings. The van der Waals surface area contributed by atoms with Crippen LogP contribution < -0.4 is 0 Å². The maximum absolute atomic E-state index is 12.7. The van der Waals surface area contributed by atoms with E-state index in [9.17, 15) is 14.7 Å². The number of hydrogen-bond donors (Lipinski definition) is 1. The molecule has 1 heterocycles. The third-order valence-electron chi connectivity index (χ3n) is 5.15. The highest BCUT2D eigenvalue weighted by atomic mass is 28.4. The van der Waals surface area contributed by atoms with Gasteiger partial charge in [0.25, 0.3) is 0 Å². The van der Waals surface area contributed by atoms with E-state index in [1.54, 1.807) is 20.8 Å². The number of likely N-dealkylation sites (tertiary alicyclic amines) is 1. The summed E-state index contributed by atoms with van der Waals surface area (Å²) in [6, 6.07) is -0.959. The Morgan fingerprint density at radius 3 is 2.04 bits per heavy atom. The standard InChI is InChI=1S/C18H35NO6Si/c1-16(2,3)24-15(21)19-12(14(20)23-8)11-13(18(19,7)22)25-26(9,10)17(4,5)6/h12-13,22H,11H2,1-10H3/t12-,13-,18?/m0/s1. The summed E-state index contributed by atoms with van der Waals surface area (Å²) in [6.45, 7) is 17.1. The lowest BCUT2D eigenvalue weighted by molar-refractivity contribution is -0.155. The van der Waals surface area contributed by atoms with Gasteiger partial charge in [-0.1, -0.05) is 20.8 Å². The lowest BCUT2D eigenvalue weighted by Crippen LogP contribution is -2.58. The molecular weight excluding hydrogens is 354 g/mol. The average molecular weight is 390 g/mol. The van der Waals surface area contributed by atoms with Crippen molar-refractivity contribution < 1.29 is 28.6 Å². The quantitative estimate of drug-likeness (QED) is 0.589. The molecule has 26 heavy (non-hydrogen) atoms. The van der Waals surface area contributed by atoms with E-state index < -0.39 is 43.9 Å². The Kier molecular flexibility index (Phi) is 6.28. The van der Waals surface area contributed by atoms with E-state index in [0.717, 1.165) is 4.90 Å². The fraction of sp³-hybridized carbons (Fsp3) is 0.889. The van der Waals surface area contributed by atoms with Gasteiger partial charge in [0.1, 0.15) is 11.6 Å². The minimum Gasteiger partial charge on any atom is -0.467 e. The summed E-state index contributed by atoms with van der Waals surface area (Å²) in [5.74, 6) is -0.600. The molecule has 1 rings (SSSR count). The van der Waals surface area contributed by atoms with Crippen LogP contribution in [0.3, 0.4) is 0 Å². The molecule has 1 saturated heterocycles. The zero-order valence-electron chi connectivity index (χ0n) is 17.8. The SMILES string of the molecule is COC(=O)[C@@H]1C[C@H](O[Si](C)(C)C(C)(C)C)C(C)(O)N1C(=O)OC(C)(C)C. The first-order valence-electron chi connectivity index (χ1n) is 8.94. The molecule has 152 valence electrons. The number of ether oxygens (including phenoxy) is 2. The summed E-state index contributed by atoms with van der Waals surface area (Å²) < 4.78 is 16.6. The number of methoxy groups -OCH3 is 1. The Balaban J connectivity index is 3.23. The van der Waals surface area contributed by atoms with Gasteiger partial charge in [-0.2, -0.15) is 0 Å². The Morgan fingerprint density at radius 2 is 1.65 bits per heavy atom. The minimum absolute atomic E-state index is 0.0802. The van der Waals surface area contributed by atoms with Gasteiger partial charge in [0, 0.05) is 6.42 Å². The van der Waals surface area contributed by atoms with E-state index in [1.165, 1.54) is 14.0 Å². The summed E-state index contributed by atoms with van der Waals surface area (Å²) in [6.07, 6.45) is -1.31. The molecule has 1 unspecified atom stereocenters. The van der Waals surface area contributed by atoms with E-state index in [0.29, 0.717) is 0 Å². The van der Waals surface area contributed by atoms with E-state index in [4.69, 9.17) is 13.9 Å². The second-order valence-corrected chi connectivity index (χ2v) is 14.3. The van der Waals surface area contributed by atoms with Crippen LogP contribution in [0.15, 0.2) is 0 Å². The Labute approximate surface area is 158 Å². The third kappa shape index (κ3) is 4.78. The van der Waals surface area contributed by atoms with E-state index in [2.05, 4.69) is 33.9 Å². The second kappa shape index (κ2) is 7.13. The largest absolute Gasteiger partial charge is 0.467 e. The first kappa shape index (κ1) is 22.9. The van der Waals surface area contributed by atoms with Crippen molar-refractivity contribution in [1.82, 2.24) is 4.90 Å². The van der Waals surface area contributed by atoms with Gasteiger partial charge in [-0.05, 0) is 45.8 Å². The molecule has 0 spiro atoms. The highest BCUT2D eigenvalue weighted by molar-refractivity contribution is 6.74. The monoisotopic (exact) mass is 389 g/mol. The molecule has 0 aromatic rings. The van der Waals surface area contributed by atoms with Gasteiger partial charge in [0.2, 0.25) is 0 Å². The van der Waals surface area contributed by atoms with Crippen LogP contribution in [0.25, 0.3) is 0 Å². The van der Waals surface area contributed by atoms with Crippen LogP contribution in [0.4, 0.5) is 4.79 Å². The highest BCUT2D eigenvalue weighted by Crippen LogP contribution is 2.43. The van der Waals surface area contributed by atoms with Crippen molar-refractivity contribution in [2.45, 2.75) is 96.5 Å². The number of nitrogens with zero attached hydrogens (tertiary/aromatic N) is 1. The highest BCUT2D eigenvalue weighted by Gasteiger charge is 2.58.